The molecule has 1 saturated heterocycles. The molecule has 2 atom stereocenters. The Balaban J connectivity index is 1.54. The van der Waals surface area contributed by atoms with Crippen LogP contribution in [0.2, 0.25) is 5.02 Å². The number of thiocarbonyl (C=S) groups is 1. The van der Waals surface area contributed by atoms with Crippen molar-refractivity contribution in [1.82, 2.24) is 14.9 Å². The molecule has 1 aliphatic heterocycles. The summed E-state index contributed by atoms with van der Waals surface area (Å²) in [6, 6.07) is 16.1. The number of nitrogens with zero attached hydrogens (tertiary/aromatic N) is 3. The minimum Gasteiger partial charge on any atom is -0.375 e. The lowest BCUT2D eigenvalue weighted by molar-refractivity contribution is -0.119. The first kappa shape index (κ1) is 23.8. The van der Waals surface area contributed by atoms with Gasteiger partial charge in [0.15, 0.2) is 5.11 Å². The molecule has 1 saturated carbocycles. The summed E-state index contributed by atoms with van der Waals surface area (Å²) in [5.74, 6) is -0.261. The van der Waals surface area contributed by atoms with Gasteiger partial charge in [-0.1, -0.05) is 30.5 Å². The quantitative estimate of drug-likeness (QED) is 0.415. The maximum Gasteiger partial charge on any atom is 0.250 e. The average Bonchev–Trinajstić information content (AvgIpc) is 3.60. The average molecular weight is 510 g/mol. The minimum atomic E-state index is -0.261. The van der Waals surface area contributed by atoms with Gasteiger partial charge in [-0.25, -0.2) is 0 Å². The topological polar surface area (TPSA) is 71.4 Å². The number of benzene rings is 1. The Bertz CT molecular complexity index is 1210. The summed E-state index contributed by atoms with van der Waals surface area (Å²) in [6.07, 6.45) is 8.86. The number of aromatic nitrogens is 2. The Morgan fingerprint density at radius 2 is 2.06 bits per heavy atom. The van der Waals surface area contributed by atoms with Crippen molar-refractivity contribution < 1.29 is 9.53 Å². The van der Waals surface area contributed by atoms with Crippen LogP contribution < -0.4 is 15.5 Å². The zero-order valence-electron chi connectivity index (χ0n) is 19.5. The lowest BCUT2D eigenvalue weighted by Gasteiger charge is -2.30. The predicted molar refractivity (Wildman–Crippen MR) is 142 cm³/mol. The number of ether oxygens (including phenoxy) is 1. The number of methoxy groups -OCH3 is 1. The summed E-state index contributed by atoms with van der Waals surface area (Å²) < 4.78 is 7.31. The van der Waals surface area contributed by atoms with E-state index in [-0.39, 0.29) is 24.6 Å². The smallest absolute Gasteiger partial charge is 0.250 e. The second kappa shape index (κ2) is 10.4. The molecule has 2 aromatic heterocycles. The molecule has 182 valence electrons. The van der Waals surface area contributed by atoms with Gasteiger partial charge >= 0.3 is 0 Å². The number of pyridine rings is 1. The highest BCUT2D eigenvalue weighted by atomic mass is 35.5. The van der Waals surface area contributed by atoms with E-state index in [1.54, 1.807) is 6.07 Å². The van der Waals surface area contributed by atoms with Gasteiger partial charge in [0.25, 0.3) is 0 Å². The van der Waals surface area contributed by atoms with Crippen molar-refractivity contribution in [3.05, 3.63) is 77.3 Å². The molecule has 1 amide bonds. The first-order chi connectivity index (χ1) is 17.1. The van der Waals surface area contributed by atoms with Crippen LogP contribution in [0.5, 0.6) is 0 Å². The lowest BCUT2D eigenvalue weighted by Crippen LogP contribution is -2.30. The maximum atomic E-state index is 12.0. The first-order valence-electron chi connectivity index (χ1n) is 11.8. The van der Waals surface area contributed by atoms with E-state index in [9.17, 15) is 4.79 Å². The van der Waals surface area contributed by atoms with Crippen LogP contribution in [0.15, 0.2) is 60.9 Å². The van der Waals surface area contributed by atoms with Crippen LogP contribution in [0.25, 0.3) is 0 Å². The first-order valence-corrected chi connectivity index (χ1v) is 12.6. The van der Waals surface area contributed by atoms with E-state index >= 15 is 0 Å². The van der Waals surface area contributed by atoms with Gasteiger partial charge in [0.05, 0.1) is 22.4 Å². The number of rotatable bonds is 7. The van der Waals surface area contributed by atoms with Crippen molar-refractivity contribution >= 4 is 46.2 Å². The molecule has 2 fully saturated rings. The zero-order chi connectivity index (χ0) is 24.4. The molecule has 5 rings (SSSR count). The summed E-state index contributed by atoms with van der Waals surface area (Å²) in [5.41, 5.74) is 3.49. The van der Waals surface area contributed by atoms with E-state index in [1.165, 1.54) is 38.5 Å². The number of hydrogen-bond donors (Lipinski definition) is 2. The molecule has 35 heavy (non-hydrogen) atoms. The Morgan fingerprint density at radius 1 is 1.23 bits per heavy atom. The molecule has 7 nitrogen and oxygen atoms in total. The predicted octanol–water partition coefficient (Wildman–Crippen LogP) is 5.41. The highest BCUT2D eigenvalue weighted by Crippen LogP contribution is 2.44. The Labute approximate surface area is 215 Å². The normalized spacial score (nSPS) is 20.3. The third kappa shape index (κ3) is 4.78. The standard InChI is InChI=1S/C26H28ClN5O2S/c1-34-16-23(33)29-20-12-11-18(15-19(20)27)32-25(22-10-6-14-31(22)17-7-2-3-8-17)24(30-26(32)35)21-9-4-5-13-28-21/h4-6,9-15,17,24-25H,2-3,7-8,16H2,1H3,(H,29,33)(H,30,35)/t24-,25+/m1/s1. The molecule has 0 spiro atoms. The van der Waals surface area contributed by atoms with Crippen LogP contribution in [0.1, 0.15) is 55.2 Å². The summed E-state index contributed by atoms with van der Waals surface area (Å²) in [6.45, 7) is -0.0375. The molecular weight excluding hydrogens is 482 g/mol. The molecular formula is C26H28ClN5O2S. The highest BCUT2D eigenvalue weighted by Gasteiger charge is 2.42. The van der Waals surface area contributed by atoms with Crippen molar-refractivity contribution in [2.45, 2.75) is 43.8 Å². The minimum absolute atomic E-state index is 0.0375. The second-order valence-corrected chi connectivity index (χ2v) is 9.71. The van der Waals surface area contributed by atoms with Crippen LogP contribution >= 0.6 is 23.8 Å². The number of nitrogens with one attached hydrogen (secondary N) is 2. The van der Waals surface area contributed by atoms with Gasteiger partial charge in [-0.2, -0.15) is 0 Å². The lowest BCUT2D eigenvalue weighted by atomic mass is 10.00. The van der Waals surface area contributed by atoms with Gasteiger partial charge in [-0.15, -0.1) is 0 Å². The van der Waals surface area contributed by atoms with Gasteiger partial charge < -0.3 is 24.8 Å². The molecule has 1 aliphatic carbocycles. The Kier molecular flexibility index (Phi) is 7.04. The zero-order valence-corrected chi connectivity index (χ0v) is 21.1. The van der Waals surface area contributed by atoms with Crippen LogP contribution in [-0.4, -0.2) is 34.3 Å². The largest absolute Gasteiger partial charge is 0.375 e. The third-order valence-electron chi connectivity index (χ3n) is 6.71. The molecule has 3 aromatic rings. The van der Waals surface area contributed by atoms with Crippen molar-refractivity contribution in [2.75, 3.05) is 23.9 Å². The van der Waals surface area contributed by atoms with E-state index < -0.39 is 0 Å². The molecule has 9 heteroatoms. The van der Waals surface area contributed by atoms with E-state index in [0.29, 0.717) is 21.9 Å². The number of carbonyl (C=O) groups excluding carboxylic acids is 1. The molecule has 0 radical (unpaired) electrons. The van der Waals surface area contributed by atoms with Crippen LogP contribution in [0.4, 0.5) is 11.4 Å². The fourth-order valence-corrected chi connectivity index (χ4v) is 5.75. The Morgan fingerprint density at radius 3 is 2.77 bits per heavy atom. The van der Waals surface area contributed by atoms with E-state index in [2.05, 4.69) is 43.4 Å². The molecule has 2 aliphatic rings. The number of amides is 1. The summed E-state index contributed by atoms with van der Waals surface area (Å²) in [4.78, 5) is 18.7. The summed E-state index contributed by atoms with van der Waals surface area (Å²) in [5, 5.41) is 7.33. The monoisotopic (exact) mass is 509 g/mol. The van der Waals surface area contributed by atoms with Gasteiger partial charge in [-0.05, 0) is 67.5 Å². The van der Waals surface area contributed by atoms with Crippen molar-refractivity contribution in [1.29, 1.82) is 0 Å². The third-order valence-corrected chi connectivity index (χ3v) is 7.34. The Hall–Kier alpha value is -2.94. The number of anilines is 2. The molecule has 0 bridgehead atoms. The van der Waals surface area contributed by atoms with Gasteiger partial charge in [0, 0.05) is 36.9 Å². The van der Waals surface area contributed by atoms with E-state index in [0.717, 1.165) is 11.4 Å². The van der Waals surface area contributed by atoms with Gasteiger partial charge in [0.2, 0.25) is 5.91 Å². The highest BCUT2D eigenvalue weighted by molar-refractivity contribution is 7.80. The van der Waals surface area contributed by atoms with Crippen LogP contribution in [0, 0.1) is 0 Å². The number of hydrogen-bond acceptors (Lipinski definition) is 4. The van der Waals surface area contributed by atoms with Crippen molar-refractivity contribution in [3.8, 4) is 0 Å². The maximum absolute atomic E-state index is 12.0. The second-order valence-electron chi connectivity index (χ2n) is 8.92. The van der Waals surface area contributed by atoms with Gasteiger partial charge in [0.1, 0.15) is 12.6 Å². The summed E-state index contributed by atoms with van der Waals surface area (Å²) >= 11 is 12.5. The van der Waals surface area contributed by atoms with E-state index in [4.69, 9.17) is 28.6 Å². The molecule has 3 heterocycles. The molecule has 2 N–H and O–H groups in total. The fraction of sp³-hybridized carbons (Fsp3) is 0.346. The number of halogens is 1. The molecule has 0 unspecified atom stereocenters. The number of carbonyl (C=O) groups is 1. The van der Waals surface area contributed by atoms with Crippen molar-refractivity contribution in [2.24, 2.45) is 0 Å². The van der Waals surface area contributed by atoms with Crippen LogP contribution in [-0.2, 0) is 9.53 Å². The fourth-order valence-electron chi connectivity index (χ4n) is 5.18. The molecule has 1 aromatic carbocycles. The van der Waals surface area contributed by atoms with Crippen LogP contribution in [0.3, 0.4) is 0 Å². The van der Waals surface area contributed by atoms with E-state index in [1.807, 2.05) is 36.5 Å². The van der Waals surface area contributed by atoms with Gasteiger partial charge in [-0.3, -0.25) is 9.78 Å². The van der Waals surface area contributed by atoms with Crippen molar-refractivity contribution in [3.63, 3.8) is 0 Å². The SMILES string of the molecule is COCC(=O)Nc1ccc(N2C(=S)N[C@H](c3ccccn3)[C@@H]2c2cccn2C2CCCC2)cc1Cl. The summed E-state index contributed by atoms with van der Waals surface area (Å²) in [7, 11) is 1.48.